The van der Waals surface area contributed by atoms with Crippen LogP contribution in [-0.2, 0) is 11.3 Å². The monoisotopic (exact) mass is 346 g/mol. The first-order chi connectivity index (χ1) is 12.0. The summed E-state index contributed by atoms with van der Waals surface area (Å²) in [4.78, 5) is 12.1. The number of carbonyl (C=O) groups excluding carboxylic acids is 1. The first-order valence-electron chi connectivity index (χ1n) is 8.27. The molecule has 0 spiro atoms. The zero-order chi connectivity index (χ0) is 17.8. The van der Waals surface area contributed by atoms with Gasteiger partial charge in [-0.15, -0.1) is 0 Å². The largest absolute Gasteiger partial charge is 0.451 e. The summed E-state index contributed by atoms with van der Waals surface area (Å²) in [6.45, 7) is 0.224. The minimum absolute atomic E-state index is 0.0416. The molecule has 1 aliphatic carbocycles. The van der Waals surface area contributed by atoms with Gasteiger partial charge in [0, 0.05) is 18.5 Å². The third-order valence-corrected chi connectivity index (χ3v) is 4.36. The molecule has 3 rings (SSSR count). The maximum absolute atomic E-state index is 14.2. The molecule has 1 fully saturated rings. The van der Waals surface area contributed by atoms with E-state index in [9.17, 15) is 13.6 Å². The van der Waals surface area contributed by atoms with Crippen LogP contribution in [0.5, 0.6) is 11.5 Å². The Morgan fingerprint density at radius 1 is 1.12 bits per heavy atom. The van der Waals surface area contributed by atoms with Crippen molar-refractivity contribution in [2.24, 2.45) is 11.7 Å². The third-order valence-electron chi connectivity index (χ3n) is 4.36. The summed E-state index contributed by atoms with van der Waals surface area (Å²) in [6, 6.07) is 10.2. The fourth-order valence-electron chi connectivity index (χ4n) is 2.97. The molecule has 1 amide bonds. The summed E-state index contributed by atoms with van der Waals surface area (Å²) in [7, 11) is 0. The van der Waals surface area contributed by atoms with Crippen LogP contribution >= 0.6 is 0 Å². The van der Waals surface area contributed by atoms with Crippen LogP contribution in [0.3, 0.4) is 0 Å². The summed E-state index contributed by atoms with van der Waals surface area (Å²) < 4.78 is 33.0. The van der Waals surface area contributed by atoms with Gasteiger partial charge in [-0.2, -0.15) is 0 Å². The fourth-order valence-corrected chi connectivity index (χ4v) is 2.97. The van der Waals surface area contributed by atoms with Crippen LogP contribution in [0.4, 0.5) is 8.78 Å². The lowest BCUT2D eigenvalue weighted by Crippen LogP contribution is -2.30. The number of hydrogen-bond acceptors (Lipinski definition) is 3. The highest BCUT2D eigenvalue weighted by Crippen LogP contribution is 2.27. The van der Waals surface area contributed by atoms with E-state index in [0.717, 1.165) is 12.8 Å². The molecule has 3 N–H and O–H groups in total. The minimum atomic E-state index is -0.613. The summed E-state index contributed by atoms with van der Waals surface area (Å²) in [5.41, 5.74) is 6.42. The van der Waals surface area contributed by atoms with Crippen LogP contribution in [0, 0.1) is 17.6 Å². The van der Waals surface area contributed by atoms with E-state index < -0.39 is 11.6 Å². The second-order valence-corrected chi connectivity index (χ2v) is 6.29. The van der Waals surface area contributed by atoms with Crippen molar-refractivity contribution in [3.63, 3.8) is 0 Å². The number of ether oxygens (including phenoxy) is 1. The van der Waals surface area contributed by atoms with Gasteiger partial charge < -0.3 is 15.8 Å². The average Bonchev–Trinajstić information content (AvgIpc) is 3.03. The number of para-hydroxylation sites is 1. The van der Waals surface area contributed by atoms with Crippen molar-refractivity contribution >= 4 is 5.91 Å². The van der Waals surface area contributed by atoms with Crippen LogP contribution in [-0.4, -0.2) is 11.9 Å². The van der Waals surface area contributed by atoms with Gasteiger partial charge in [-0.1, -0.05) is 18.2 Å². The zero-order valence-electron chi connectivity index (χ0n) is 13.7. The Morgan fingerprint density at radius 3 is 2.56 bits per heavy atom. The van der Waals surface area contributed by atoms with E-state index in [4.69, 9.17) is 10.5 Å². The van der Waals surface area contributed by atoms with Crippen LogP contribution < -0.4 is 15.8 Å². The topological polar surface area (TPSA) is 64.4 Å². The molecule has 6 heteroatoms. The Balaban J connectivity index is 1.60. The summed E-state index contributed by atoms with van der Waals surface area (Å²) in [5.74, 6) is -1.41. The molecular weight excluding hydrogens is 326 g/mol. The highest BCUT2D eigenvalue weighted by atomic mass is 19.1. The van der Waals surface area contributed by atoms with E-state index in [-0.39, 0.29) is 35.9 Å². The Bertz CT molecular complexity index is 767. The summed E-state index contributed by atoms with van der Waals surface area (Å²) in [6.07, 6.45) is 2.33. The quantitative estimate of drug-likeness (QED) is 0.871. The lowest BCUT2D eigenvalue weighted by atomic mass is 10.1. The number of hydrogen-bond donors (Lipinski definition) is 2. The first-order valence-corrected chi connectivity index (χ1v) is 8.27. The van der Waals surface area contributed by atoms with Gasteiger partial charge in [0.15, 0.2) is 23.1 Å². The van der Waals surface area contributed by atoms with Crippen LogP contribution in [0.2, 0.25) is 0 Å². The lowest BCUT2D eigenvalue weighted by Gasteiger charge is -2.12. The standard InChI is InChI=1S/C19H20F2N2O2/c20-15-3-1-2-4-17(15)25-18-8-5-12(9-16(18)21)11-23-19(24)13-6-7-14(22)10-13/h1-5,8-9,13-14H,6-7,10-11,22H2,(H,23,24)/t13-,14+/m0/s1. The molecule has 0 aromatic heterocycles. The summed E-state index contributed by atoms with van der Waals surface area (Å²) in [5, 5.41) is 2.80. The van der Waals surface area contributed by atoms with E-state index in [1.807, 2.05) is 0 Å². The molecule has 132 valence electrons. The highest BCUT2D eigenvalue weighted by molar-refractivity contribution is 5.79. The molecular formula is C19H20F2N2O2. The predicted molar refractivity (Wildman–Crippen MR) is 90.0 cm³/mol. The van der Waals surface area contributed by atoms with Crippen molar-refractivity contribution in [1.82, 2.24) is 5.32 Å². The highest BCUT2D eigenvalue weighted by Gasteiger charge is 2.27. The first kappa shape index (κ1) is 17.4. The Hall–Kier alpha value is -2.47. The maximum atomic E-state index is 14.2. The number of rotatable bonds is 5. The number of nitrogens with one attached hydrogen (secondary N) is 1. The number of halogens is 2. The van der Waals surface area contributed by atoms with Gasteiger partial charge in [-0.3, -0.25) is 4.79 Å². The number of amides is 1. The van der Waals surface area contributed by atoms with Crippen LogP contribution in [0.1, 0.15) is 24.8 Å². The van der Waals surface area contributed by atoms with E-state index >= 15 is 0 Å². The van der Waals surface area contributed by atoms with Crippen molar-refractivity contribution in [3.05, 3.63) is 59.7 Å². The minimum Gasteiger partial charge on any atom is -0.451 e. The molecule has 0 heterocycles. The molecule has 25 heavy (non-hydrogen) atoms. The lowest BCUT2D eigenvalue weighted by molar-refractivity contribution is -0.125. The molecule has 2 aromatic rings. The molecule has 2 atom stereocenters. The van der Waals surface area contributed by atoms with Gasteiger partial charge in [0.25, 0.3) is 0 Å². The van der Waals surface area contributed by atoms with Gasteiger partial charge in [0.2, 0.25) is 5.91 Å². The van der Waals surface area contributed by atoms with E-state index in [1.165, 1.54) is 30.3 Å². The summed E-state index contributed by atoms with van der Waals surface area (Å²) >= 11 is 0. The smallest absolute Gasteiger partial charge is 0.223 e. The Kier molecular flexibility index (Phi) is 5.28. The SMILES string of the molecule is N[C@@H]1CC[C@H](C(=O)NCc2ccc(Oc3ccccc3F)c(F)c2)C1. The van der Waals surface area contributed by atoms with Gasteiger partial charge in [-0.25, -0.2) is 8.78 Å². The van der Waals surface area contributed by atoms with Crippen LogP contribution in [0.25, 0.3) is 0 Å². The number of nitrogens with two attached hydrogens (primary N) is 1. The van der Waals surface area contributed by atoms with Crippen molar-refractivity contribution in [3.8, 4) is 11.5 Å². The average molecular weight is 346 g/mol. The van der Waals surface area contributed by atoms with Crippen molar-refractivity contribution in [2.45, 2.75) is 31.8 Å². The van der Waals surface area contributed by atoms with E-state index in [1.54, 1.807) is 12.1 Å². The van der Waals surface area contributed by atoms with E-state index in [0.29, 0.717) is 12.0 Å². The maximum Gasteiger partial charge on any atom is 0.223 e. The number of carbonyl (C=O) groups is 1. The second kappa shape index (κ2) is 7.61. The Labute approximate surface area is 145 Å². The van der Waals surface area contributed by atoms with Gasteiger partial charge in [0.05, 0.1) is 0 Å². The Morgan fingerprint density at radius 2 is 1.88 bits per heavy atom. The second-order valence-electron chi connectivity index (χ2n) is 6.29. The third kappa shape index (κ3) is 4.33. The normalized spacial score (nSPS) is 19.6. The van der Waals surface area contributed by atoms with E-state index in [2.05, 4.69) is 5.32 Å². The van der Waals surface area contributed by atoms with Gasteiger partial charge >= 0.3 is 0 Å². The molecule has 1 aliphatic rings. The van der Waals surface area contributed by atoms with Crippen molar-refractivity contribution in [1.29, 1.82) is 0 Å². The molecule has 0 saturated heterocycles. The molecule has 0 bridgehead atoms. The molecule has 0 aliphatic heterocycles. The molecule has 0 unspecified atom stereocenters. The number of benzene rings is 2. The zero-order valence-corrected chi connectivity index (χ0v) is 13.7. The van der Waals surface area contributed by atoms with Gasteiger partial charge in [0.1, 0.15) is 0 Å². The molecule has 1 saturated carbocycles. The molecule has 0 radical (unpaired) electrons. The predicted octanol–water partition coefficient (Wildman–Crippen LogP) is 3.50. The van der Waals surface area contributed by atoms with Crippen LogP contribution in [0.15, 0.2) is 42.5 Å². The van der Waals surface area contributed by atoms with Crippen molar-refractivity contribution in [2.75, 3.05) is 0 Å². The molecule has 4 nitrogen and oxygen atoms in total. The van der Waals surface area contributed by atoms with Crippen molar-refractivity contribution < 1.29 is 18.3 Å². The molecule has 2 aromatic carbocycles. The van der Waals surface area contributed by atoms with Gasteiger partial charge in [-0.05, 0) is 49.1 Å². The fraction of sp³-hybridized carbons (Fsp3) is 0.316.